The van der Waals surface area contributed by atoms with Crippen LogP contribution in [0.25, 0.3) is 0 Å². The molecule has 0 aromatic heterocycles. The first-order valence-corrected chi connectivity index (χ1v) is 8.40. The number of fused-ring (bicyclic) bond motifs is 1. The van der Waals surface area contributed by atoms with Crippen LogP contribution in [0.2, 0.25) is 0 Å². The van der Waals surface area contributed by atoms with E-state index in [-0.39, 0.29) is 25.6 Å². The van der Waals surface area contributed by atoms with Crippen LogP contribution in [-0.4, -0.2) is 39.4 Å². The lowest BCUT2D eigenvalue weighted by Gasteiger charge is -2.09. The van der Waals surface area contributed by atoms with Gasteiger partial charge >= 0.3 is 5.97 Å². The van der Waals surface area contributed by atoms with Gasteiger partial charge in [0.25, 0.3) is 0 Å². The molecule has 0 unspecified atom stereocenters. The zero-order valence-electron chi connectivity index (χ0n) is 15.2. The van der Waals surface area contributed by atoms with Crippen molar-refractivity contribution < 1.29 is 33.3 Å². The molecule has 1 aliphatic rings. The first kappa shape index (κ1) is 18.6. The molecule has 0 saturated heterocycles. The van der Waals surface area contributed by atoms with Gasteiger partial charge in [0.2, 0.25) is 6.79 Å². The summed E-state index contributed by atoms with van der Waals surface area (Å²) in [6.07, 6.45) is 0.626. The first-order valence-electron chi connectivity index (χ1n) is 8.40. The van der Waals surface area contributed by atoms with Gasteiger partial charge in [-0.1, -0.05) is 6.07 Å². The van der Waals surface area contributed by atoms with E-state index in [2.05, 4.69) is 0 Å². The highest BCUT2D eigenvalue weighted by Gasteiger charge is 2.17. The minimum Gasteiger partial charge on any atom is -0.493 e. The zero-order valence-corrected chi connectivity index (χ0v) is 15.2. The molecule has 1 aliphatic heterocycles. The van der Waals surface area contributed by atoms with Gasteiger partial charge in [0.05, 0.1) is 14.2 Å². The van der Waals surface area contributed by atoms with Gasteiger partial charge in [0.15, 0.2) is 35.4 Å². The Kier molecular flexibility index (Phi) is 5.80. The molecule has 2 aromatic carbocycles. The van der Waals surface area contributed by atoms with E-state index in [0.717, 1.165) is 5.56 Å². The summed E-state index contributed by atoms with van der Waals surface area (Å²) in [5.74, 6) is 1.59. The largest absolute Gasteiger partial charge is 0.493 e. The molecule has 3 rings (SSSR count). The second kappa shape index (κ2) is 8.44. The van der Waals surface area contributed by atoms with Gasteiger partial charge in [-0.3, -0.25) is 9.59 Å². The van der Waals surface area contributed by atoms with E-state index in [1.165, 1.54) is 0 Å². The molecule has 0 saturated carbocycles. The number of hydrogen-bond donors (Lipinski definition) is 0. The topological polar surface area (TPSA) is 80.3 Å². The summed E-state index contributed by atoms with van der Waals surface area (Å²) in [6.45, 7) is -0.178. The Balaban J connectivity index is 1.49. The fourth-order valence-corrected chi connectivity index (χ4v) is 2.65. The first-order chi connectivity index (χ1) is 13.1. The molecule has 7 heteroatoms. The van der Waals surface area contributed by atoms with Crippen LogP contribution in [0, 0.1) is 0 Å². The Morgan fingerprint density at radius 1 is 0.963 bits per heavy atom. The molecule has 27 heavy (non-hydrogen) atoms. The van der Waals surface area contributed by atoms with Crippen LogP contribution in [0.3, 0.4) is 0 Å². The SMILES string of the molecule is COc1ccc(CCC(=O)OCC(=O)c2ccc3c(c2)OCO3)cc1OC. The molecule has 7 nitrogen and oxygen atoms in total. The van der Waals surface area contributed by atoms with Crippen molar-refractivity contribution in [3.8, 4) is 23.0 Å². The number of ketones is 1. The minimum absolute atomic E-state index is 0.137. The van der Waals surface area contributed by atoms with Crippen molar-refractivity contribution in [1.29, 1.82) is 0 Å². The molecule has 2 aromatic rings. The van der Waals surface area contributed by atoms with Crippen molar-refractivity contribution in [2.75, 3.05) is 27.6 Å². The van der Waals surface area contributed by atoms with Crippen molar-refractivity contribution >= 4 is 11.8 Å². The van der Waals surface area contributed by atoms with E-state index in [0.29, 0.717) is 35.0 Å². The Labute approximate surface area is 156 Å². The van der Waals surface area contributed by atoms with Crippen molar-refractivity contribution in [2.45, 2.75) is 12.8 Å². The second-order valence-electron chi connectivity index (χ2n) is 5.84. The number of carbonyl (C=O) groups is 2. The lowest BCUT2D eigenvalue weighted by molar-refractivity contribution is -0.142. The predicted octanol–water partition coefficient (Wildman–Crippen LogP) is 2.79. The number of ether oxygens (including phenoxy) is 5. The summed E-state index contributed by atoms with van der Waals surface area (Å²) in [6, 6.07) is 10.3. The van der Waals surface area contributed by atoms with Crippen LogP contribution >= 0.6 is 0 Å². The zero-order chi connectivity index (χ0) is 19.2. The van der Waals surface area contributed by atoms with Gasteiger partial charge in [0, 0.05) is 12.0 Å². The molecule has 142 valence electrons. The van der Waals surface area contributed by atoms with E-state index in [4.69, 9.17) is 23.7 Å². The molecule has 0 spiro atoms. The Hall–Kier alpha value is -3.22. The standard InChI is InChI=1S/C20H20O7/c1-23-16-6-3-13(9-18(16)24-2)4-8-20(22)25-11-15(21)14-5-7-17-19(10-14)27-12-26-17/h3,5-7,9-10H,4,8,11-12H2,1-2H3. The maximum atomic E-state index is 12.2. The highest BCUT2D eigenvalue weighted by Crippen LogP contribution is 2.32. The molecule has 0 N–H and O–H groups in total. The number of aryl methyl sites for hydroxylation is 1. The van der Waals surface area contributed by atoms with E-state index in [1.807, 2.05) is 12.1 Å². The highest BCUT2D eigenvalue weighted by atomic mass is 16.7. The van der Waals surface area contributed by atoms with Gasteiger partial charge in [-0.15, -0.1) is 0 Å². The molecule has 0 radical (unpaired) electrons. The van der Waals surface area contributed by atoms with Gasteiger partial charge < -0.3 is 23.7 Å². The predicted molar refractivity (Wildman–Crippen MR) is 95.7 cm³/mol. The average molecular weight is 372 g/mol. The summed E-state index contributed by atoms with van der Waals surface area (Å²) >= 11 is 0. The molecule has 0 amide bonds. The van der Waals surface area contributed by atoms with Crippen LogP contribution < -0.4 is 18.9 Å². The van der Waals surface area contributed by atoms with Gasteiger partial charge in [-0.05, 0) is 42.3 Å². The smallest absolute Gasteiger partial charge is 0.306 e. The third-order valence-corrected chi connectivity index (χ3v) is 4.12. The molecule has 0 bridgehead atoms. The number of esters is 1. The van der Waals surface area contributed by atoms with Crippen LogP contribution in [0.4, 0.5) is 0 Å². The van der Waals surface area contributed by atoms with Crippen LogP contribution in [0.1, 0.15) is 22.3 Å². The average Bonchev–Trinajstić information content (AvgIpc) is 3.17. The second-order valence-corrected chi connectivity index (χ2v) is 5.84. The summed E-state index contributed by atoms with van der Waals surface area (Å²) < 4.78 is 25.9. The van der Waals surface area contributed by atoms with Crippen LogP contribution in [0.15, 0.2) is 36.4 Å². The lowest BCUT2D eigenvalue weighted by atomic mass is 10.1. The Morgan fingerprint density at radius 3 is 2.52 bits per heavy atom. The maximum absolute atomic E-state index is 12.2. The number of benzene rings is 2. The summed E-state index contributed by atoms with van der Waals surface area (Å²) in [7, 11) is 3.11. The number of Topliss-reactive ketones (excluding diaryl/α,β-unsaturated/α-hetero) is 1. The molecule has 0 fully saturated rings. The van der Waals surface area contributed by atoms with Gasteiger partial charge in [-0.2, -0.15) is 0 Å². The fraction of sp³-hybridized carbons (Fsp3) is 0.300. The van der Waals surface area contributed by atoms with E-state index >= 15 is 0 Å². The maximum Gasteiger partial charge on any atom is 0.306 e. The van der Waals surface area contributed by atoms with Crippen molar-refractivity contribution in [3.63, 3.8) is 0 Å². The molecular formula is C20H20O7. The van der Waals surface area contributed by atoms with Gasteiger partial charge in [0.1, 0.15) is 0 Å². The lowest BCUT2D eigenvalue weighted by Crippen LogP contribution is -2.14. The van der Waals surface area contributed by atoms with E-state index < -0.39 is 5.97 Å². The van der Waals surface area contributed by atoms with Crippen molar-refractivity contribution in [2.24, 2.45) is 0 Å². The summed E-state index contributed by atoms with van der Waals surface area (Å²) in [4.78, 5) is 24.1. The molecule has 0 aliphatic carbocycles. The van der Waals surface area contributed by atoms with Crippen molar-refractivity contribution in [1.82, 2.24) is 0 Å². The third kappa shape index (κ3) is 4.49. The summed E-state index contributed by atoms with van der Waals surface area (Å²) in [5.41, 5.74) is 1.32. The summed E-state index contributed by atoms with van der Waals surface area (Å²) in [5, 5.41) is 0. The molecular weight excluding hydrogens is 352 g/mol. The molecule has 1 heterocycles. The monoisotopic (exact) mass is 372 g/mol. The molecule has 0 atom stereocenters. The van der Waals surface area contributed by atoms with Gasteiger partial charge in [-0.25, -0.2) is 0 Å². The number of carbonyl (C=O) groups excluding carboxylic acids is 2. The quantitative estimate of drug-likeness (QED) is 0.521. The number of methoxy groups -OCH3 is 2. The number of hydrogen-bond acceptors (Lipinski definition) is 7. The Bertz CT molecular complexity index is 844. The van der Waals surface area contributed by atoms with E-state index in [9.17, 15) is 9.59 Å². The normalized spacial score (nSPS) is 11.8. The van der Waals surface area contributed by atoms with Crippen LogP contribution in [-0.2, 0) is 16.0 Å². The third-order valence-electron chi connectivity index (χ3n) is 4.12. The number of rotatable bonds is 8. The van der Waals surface area contributed by atoms with Crippen molar-refractivity contribution in [3.05, 3.63) is 47.5 Å². The minimum atomic E-state index is -0.445. The fourth-order valence-electron chi connectivity index (χ4n) is 2.65. The highest BCUT2D eigenvalue weighted by molar-refractivity contribution is 5.98. The van der Waals surface area contributed by atoms with E-state index in [1.54, 1.807) is 38.5 Å². The Morgan fingerprint density at radius 2 is 1.74 bits per heavy atom. The van der Waals surface area contributed by atoms with Crippen LogP contribution in [0.5, 0.6) is 23.0 Å².